The molecule has 4 nitrogen and oxygen atoms in total. The summed E-state index contributed by atoms with van der Waals surface area (Å²) in [6.07, 6.45) is -0.257. The van der Waals surface area contributed by atoms with Crippen LogP contribution in [0.5, 0.6) is 0 Å². The molecule has 8 heteroatoms. The molecule has 1 heterocycles. The van der Waals surface area contributed by atoms with E-state index >= 15 is 0 Å². The monoisotopic (exact) mass is 338 g/mol. The van der Waals surface area contributed by atoms with Gasteiger partial charge < -0.3 is 5.11 Å². The van der Waals surface area contributed by atoms with Crippen LogP contribution in [-0.2, 0) is 6.54 Å². The summed E-state index contributed by atoms with van der Waals surface area (Å²) in [7, 11) is 0. The van der Waals surface area contributed by atoms with Gasteiger partial charge in [-0.2, -0.15) is 0 Å². The maximum atomic E-state index is 13.3. The number of aromatic nitrogens is 2. The van der Waals surface area contributed by atoms with E-state index < -0.39 is 34.9 Å². The Balaban J connectivity index is 1.97. The molecule has 1 atom stereocenters. The van der Waals surface area contributed by atoms with Gasteiger partial charge >= 0.3 is 0 Å². The molecular formula is C16H10F4N2O2. The van der Waals surface area contributed by atoms with Crippen LogP contribution >= 0.6 is 0 Å². The number of hydrogen-bond acceptors (Lipinski definition) is 3. The first kappa shape index (κ1) is 16.1. The van der Waals surface area contributed by atoms with Crippen LogP contribution in [0.4, 0.5) is 17.6 Å². The third-order valence-electron chi connectivity index (χ3n) is 3.56. The van der Waals surface area contributed by atoms with Crippen LogP contribution < -0.4 is 5.56 Å². The molecule has 1 unspecified atom stereocenters. The molecule has 0 radical (unpaired) electrons. The van der Waals surface area contributed by atoms with Crippen molar-refractivity contribution in [3.63, 3.8) is 0 Å². The van der Waals surface area contributed by atoms with E-state index in [9.17, 15) is 27.5 Å². The Morgan fingerprint density at radius 2 is 1.67 bits per heavy atom. The Bertz CT molecular complexity index is 988. The number of rotatable bonds is 3. The van der Waals surface area contributed by atoms with Gasteiger partial charge in [0.05, 0.1) is 29.9 Å². The fourth-order valence-corrected chi connectivity index (χ4v) is 2.29. The zero-order valence-electron chi connectivity index (χ0n) is 12.0. The summed E-state index contributed by atoms with van der Waals surface area (Å²) in [6.45, 7) is -0.314. The average molecular weight is 338 g/mol. The average Bonchev–Trinajstić information content (AvgIpc) is 2.54. The van der Waals surface area contributed by atoms with Crippen molar-refractivity contribution in [2.75, 3.05) is 0 Å². The predicted octanol–water partition coefficient (Wildman–Crippen LogP) is 2.69. The van der Waals surface area contributed by atoms with Crippen LogP contribution in [-0.4, -0.2) is 14.7 Å². The van der Waals surface area contributed by atoms with Gasteiger partial charge in [0.25, 0.3) is 5.56 Å². The normalized spacial score (nSPS) is 12.5. The van der Waals surface area contributed by atoms with E-state index in [0.717, 1.165) is 35.2 Å². The van der Waals surface area contributed by atoms with Gasteiger partial charge in [-0.3, -0.25) is 9.36 Å². The lowest BCUT2D eigenvalue weighted by Crippen LogP contribution is -2.24. The molecule has 3 aromatic rings. The summed E-state index contributed by atoms with van der Waals surface area (Å²) in [5.74, 6) is -4.52. The number of halogens is 4. The van der Waals surface area contributed by atoms with Crippen LogP contribution in [0.2, 0.25) is 0 Å². The summed E-state index contributed by atoms with van der Waals surface area (Å²) < 4.78 is 53.5. The van der Waals surface area contributed by atoms with Crippen LogP contribution in [0.3, 0.4) is 0 Å². The van der Waals surface area contributed by atoms with Gasteiger partial charge in [0.1, 0.15) is 0 Å². The fourth-order valence-electron chi connectivity index (χ4n) is 2.29. The molecule has 3 rings (SSSR count). The van der Waals surface area contributed by atoms with E-state index in [1.54, 1.807) is 0 Å². The molecule has 0 saturated carbocycles. The van der Waals surface area contributed by atoms with Gasteiger partial charge in [-0.1, -0.05) is 6.07 Å². The Kier molecular flexibility index (Phi) is 4.06. The number of hydrogen-bond donors (Lipinski definition) is 1. The summed E-state index contributed by atoms with van der Waals surface area (Å²) in [6, 6.07) is 4.36. The SMILES string of the molecule is O=c1c2cc(F)c(F)cc2ncn1CC(O)c1ccc(F)c(F)c1. The Hall–Kier alpha value is -2.74. The number of aliphatic hydroxyl groups excluding tert-OH is 1. The molecule has 0 aliphatic carbocycles. The molecule has 0 aliphatic rings. The van der Waals surface area contributed by atoms with E-state index in [1.165, 1.54) is 6.07 Å². The molecule has 1 aromatic heterocycles. The van der Waals surface area contributed by atoms with Crippen molar-refractivity contribution >= 4 is 10.9 Å². The molecule has 0 aliphatic heterocycles. The minimum atomic E-state index is -1.32. The summed E-state index contributed by atoms with van der Waals surface area (Å²) in [5.41, 5.74) is -0.663. The highest BCUT2D eigenvalue weighted by atomic mass is 19.2. The van der Waals surface area contributed by atoms with Gasteiger partial charge in [0.2, 0.25) is 0 Å². The van der Waals surface area contributed by atoms with Crippen LogP contribution in [0.15, 0.2) is 41.5 Å². The predicted molar refractivity (Wildman–Crippen MR) is 77.2 cm³/mol. The first-order chi connectivity index (χ1) is 11.4. The van der Waals surface area contributed by atoms with Gasteiger partial charge in [-0.15, -0.1) is 0 Å². The van der Waals surface area contributed by atoms with Crippen molar-refractivity contribution < 1.29 is 22.7 Å². The molecule has 0 amide bonds. The molecule has 0 spiro atoms. The van der Waals surface area contributed by atoms with E-state index in [0.29, 0.717) is 0 Å². The van der Waals surface area contributed by atoms with Gasteiger partial charge in [-0.05, 0) is 23.8 Å². The molecule has 0 saturated heterocycles. The molecule has 0 bridgehead atoms. The molecule has 2 aromatic carbocycles. The molecule has 1 N–H and O–H groups in total. The third-order valence-corrected chi connectivity index (χ3v) is 3.56. The molecule has 124 valence electrons. The van der Waals surface area contributed by atoms with Crippen molar-refractivity contribution in [3.8, 4) is 0 Å². The van der Waals surface area contributed by atoms with E-state index in [1.807, 2.05) is 0 Å². The number of benzene rings is 2. The number of fused-ring (bicyclic) bond motifs is 1. The Labute approximate surface area is 132 Å². The van der Waals surface area contributed by atoms with Crippen molar-refractivity contribution in [1.82, 2.24) is 9.55 Å². The molecule has 24 heavy (non-hydrogen) atoms. The van der Waals surface area contributed by atoms with Gasteiger partial charge in [-0.25, -0.2) is 22.5 Å². The summed E-state index contributed by atoms with van der Waals surface area (Å²) >= 11 is 0. The maximum Gasteiger partial charge on any atom is 0.261 e. The molecular weight excluding hydrogens is 328 g/mol. The van der Waals surface area contributed by atoms with Crippen LogP contribution in [0.25, 0.3) is 10.9 Å². The van der Waals surface area contributed by atoms with E-state index in [2.05, 4.69) is 4.98 Å². The first-order valence-corrected chi connectivity index (χ1v) is 6.84. The zero-order valence-corrected chi connectivity index (χ0v) is 12.0. The van der Waals surface area contributed by atoms with Crippen LogP contribution in [0, 0.1) is 23.3 Å². The minimum Gasteiger partial charge on any atom is -0.387 e. The number of aliphatic hydroxyl groups is 1. The second kappa shape index (κ2) is 6.04. The zero-order chi connectivity index (χ0) is 17.4. The summed E-state index contributed by atoms with van der Waals surface area (Å²) in [4.78, 5) is 16.1. The second-order valence-electron chi connectivity index (χ2n) is 5.17. The lowest BCUT2D eigenvalue weighted by atomic mass is 10.1. The largest absolute Gasteiger partial charge is 0.387 e. The van der Waals surface area contributed by atoms with E-state index in [-0.39, 0.29) is 23.0 Å². The lowest BCUT2D eigenvalue weighted by Gasteiger charge is -2.13. The lowest BCUT2D eigenvalue weighted by molar-refractivity contribution is 0.154. The first-order valence-electron chi connectivity index (χ1n) is 6.84. The number of nitrogens with zero attached hydrogens (tertiary/aromatic N) is 2. The highest BCUT2D eigenvalue weighted by molar-refractivity contribution is 5.77. The Morgan fingerprint density at radius 1 is 1.00 bits per heavy atom. The fraction of sp³-hybridized carbons (Fsp3) is 0.125. The van der Waals surface area contributed by atoms with Crippen molar-refractivity contribution in [1.29, 1.82) is 0 Å². The van der Waals surface area contributed by atoms with Crippen molar-refractivity contribution in [3.05, 3.63) is 75.8 Å². The summed E-state index contributed by atoms with van der Waals surface area (Å²) in [5, 5.41) is 9.92. The van der Waals surface area contributed by atoms with Crippen LogP contribution in [0.1, 0.15) is 11.7 Å². The second-order valence-corrected chi connectivity index (χ2v) is 5.17. The quantitative estimate of drug-likeness (QED) is 0.747. The van der Waals surface area contributed by atoms with E-state index in [4.69, 9.17) is 0 Å². The standard InChI is InChI=1S/C16H10F4N2O2/c17-10-2-1-8(3-11(10)18)15(23)6-22-7-21-14-5-13(20)12(19)4-9(14)16(22)24/h1-5,7,15,23H,6H2. The highest BCUT2D eigenvalue weighted by Gasteiger charge is 2.15. The molecule has 0 fully saturated rings. The van der Waals surface area contributed by atoms with Gasteiger partial charge in [0.15, 0.2) is 23.3 Å². The van der Waals surface area contributed by atoms with Gasteiger partial charge in [0, 0.05) is 6.07 Å². The smallest absolute Gasteiger partial charge is 0.261 e. The maximum absolute atomic E-state index is 13.3. The third kappa shape index (κ3) is 2.88. The topological polar surface area (TPSA) is 55.1 Å². The highest BCUT2D eigenvalue weighted by Crippen LogP contribution is 2.18. The minimum absolute atomic E-state index is 0.0301. The Morgan fingerprint density at radius 3 is 2.38 bits per heavy atom. The van der Waals surface area contributed by atoms with Crippen molar-refractivity contribution in [2.24, 2.45) is 0 Å². The van der Waals surface area contributed by atoms with Crippen molar-refractivity contribution in [2.45, 2.75) is 12.6 Å².